The summed E-state index contributed by atoms with van der Waals surface area (Å²) in [5.41, 5.74) is 4.53. The first-order chi connectivity index (χ1) is 21.9. The minimum Gasteiger partial charge on any atom is -0.446 e. The number of likely N-dealkylation sites (tertiary alicyclic amines) is 3. The van der Waals surface area contributed by atoms with E-state index in [0.29, 0.717) is 44.9 Å². The molecule has 0 saturated carbocycles. The minimum absolute atomic E-state index is 0.0168. The molecule has 3 aliphatic heterocycles. The predicted octanol–water partition coefficient (Wildman–Crippen LogP) is 5.73. The number of fused-ring (bicyclic) bond motifs is 1. The molecule has 2 N–H and O–H groups in total. The molecule has 1 aromatic carbocycles. The molecule has 244 valence electrons. The Morgan fingerprint density at radius 1 is 1.04 bits per heavy atom. The molecule has 3 fully saturated rings. The lowest BCUT2D eigenvalue weighted by Gasteiger charge is -2.43. The molecule has 1 atom stereocenters. The van der Waals surface area contributed by atoms with Crippen molar-refractivity contribution in [3.63, 3.8) is 0 Å². The van der Waals surface area contributed by atoms with Gasteiger partial charge in [0.1, 0.15) is 6.10 Å². The number of alkyl carbamates (subject to hydrolysis) is 1. The van der Waals surface area contributed by atoms with E-state index in [9.17, 15) is 9.59 Å². The summed E-state index contributed by atoms with van der Waals surface area (Å²) >= 11 is 0. The fraction of sp³-hybridized carbons (Fsp3) is 0.583. The molecular weight excluding hydrogens is 564 g/mol. The van der Waals surface area contributed by atoms with E-state index in [0.717, 1.165) is 54.5 Å². The maximum absolute atomic E-state index is 13.8. The Hall–Kier alpha value is -3.59. The number of rotatable bonds is 11. The molecule has 2 amide bonds. The second-order valence-electron chi connectivity index (χ2n) is 13.0. The van der Waals surface area contributed by atoms with Crippen molar-refractivity contribution in [2.75, 3.05) is 45.8 Å². The summed E-state index contributed by atoms with van der Waals surface area (Å²) in [5.74, 6) is 0.172. The van der Waals surface area contributed by atoms with Crippen LogP contribution < -0.4 is 5.32 Å². The number of aromatic nitrogens is 2. The molecule has 0 bridgehead atoms. The quantitative estimate of drug-likeness (QED) is 0.313. The number of ether oxygens (including phenoxy) is 1. The maximum Gasteiger partial charge on any atom is 0.407 e. The fourth-order valence-corrected chi connectivity index (χ4v) is 7.24. The van der Waals surface area contributed by atoms with E-state index in [1.807, 2.05) is 42.3 Å². The van der Waals surface area contributed by atoms with E-state index >= 15 is 0 Å². The molecule has 3 saturated heterocycles. The molecule has 0 aliphatic carbocycles. The molecule has 2 aromatic rings. The molecule has 3 aliphatic rings. The Bertz CT molecular complexity index is 1340. The summed E-state index contributed by atoms with van der Waals surface area (Å²) in [5, 5.41) is 11.2. The van der Waals surface area contributed by atoms with E-state index in [-0.39, 0.29) is 17.9 Å². The maximum atomic E-state index is 13.8. The molecule has 9 heteroatoms. The van der Waals surface area contributed by atoms with Gasteiger partial charge in [0.25, 0.3) is 0 Å². The number of nitrogens with one attached hydrogen (secondary N) is 2. The number of allylic oxidation sites excluding steroid dienone is 4. The van der Waals surface area contributed by atoms with Crippen LogP contribution in [0.5, 0.6) is 0 Å². The summed E-state index contributed by atoms with van der Waals surface area (Å²) in [6.45, 7) is 14.8. The number of hydrogen-bond donors (Lipinski definition) is 2. The molecule has 45 heavy (non-hydrogen) atoms. The highest BCUT2D eigenvalue weighted by atomic mass is 16.6. The third-order valence-electron chi connectivity index (χ3n) is 9.83. The van der Waals surface area contributed by atoms with Crippen LogP contribution in [0.2, 0.25) is 0 Å². The zero-order chi connectivity index (χ0) is 31.6. The summed E-state index contributed by atoms with van der Waals surface area (Å²) in [4.78, 5) is 33.1. The number of carbonyl (C=O) groups excluding carboxylic acids is 2. The smallest absolute Gasteiger partial charge is 0.407 e. The van der Waals surface area contributed by atoms with Crippen molar-refractivity contribution in [2.45, 2.75) is 83.8 Å². The molecular formula is C36H52N6O3. The van der Waals surface area contributed by atoms with Crippen LogP contribution in [0, 0.1) is 12.8 Å². The summed E-state index contributed by atoms with van der Waals surface area (Å²) in [6, 6.07) is 5.09. The van der Waals surface area contributed by atoms with Gasteiger partial charge in [-0.2, -0.15) is 5.10 Å². The largest absolute Gasteiger partial charge is 0.446 e. The number of H-pyrrole nitrogens is 1. The van der Waals surface area contributed by atoms with Crippen molar-refractivity contribution in [1.82, 2.24) is 30.2 Å². The molecule has 1 unspecified atom stereocenters. The van der Waals surface area contributed by atoms with Gasteiger partial charge in [-0.1, -0.05) is 43.4 Å². The van der Waals surface area contributed by atoms with E-state index < -0.39 is 6.09 Å². The third-order valence-corrected chi connectivity index (χ3v) is 9.83. The molecule has 0 radical (unpaired) electrons. The first kappa shape index (κ1) is 32.8. The topological polar surface area (TPSA) is 93.8 Å². The van der Waals surface area contributed by atoms with Crippen molar-refractivity contribution in [3.8, 4) is 0 Å². The first-order valence-electron chi connectivity index (χ1n) is 17.0. The SMILES string of the molecule is C=C(C(CC(=O)N1CCC(OC(=O)NC/C=C\C=C/C)CC1)Cc1cc(C)c2[nH]ncc2c1)N1CCC(N2CCCCC2)CC1. The van der Waals surface area contributed by atoms with Crippen molar-refractivity contribution in [1.29, 1.82) is 0 Å². The zero-order valence-corrected chi connectivity index (χ0v) is 27.3. The van der Waals surface area contributed by atoms with E-state index in [1.165, 1.54) is 37.9 Å². The zero-order valence-electron chi connectivity index (χ0n) is 27.3. The number of nitrogens with zero attached hydrogens (tertiary/aromatic N) is 4. The van der Waals surface area contributed by atoms with Crippen LogP contribution in [0.3, 0.4) is 0 Å². The number of carbonyl (C=O) groups is 2. The Morgan fingerprint density at radius 2 is 1.78 bits per heavy atom. The lowest BCUT2D eigenvalue weighted by molar-refractivity contribution is -0.134. The fourth-order valence-electron chi connectivity index (χ4n) is 7.24. The second kappa shape index (κ2) is 16.1. The van der Waals surface area contributed by atoms with Gasteiger partial charge in [0.2, 0.25) is 5.91 Å². The summed E-state index contributed by atoms with van der Waals surface area (Å²) in [6.07, 6.45) is 17.7. The van der Waals surface area contributed by atoms with E-state index in [4.69, 9.17) is 4.74 Å². The van der Waals surface area contributed by atoms with Crippen LogP contribution in [0.25, 0.3) is 10.9 Å². The third kappa shape index (κ3) is 9.00. The van der Waals surface area contributed by atoms with Gasteiger partial charge in [0.15, 0.2) is 0 Å². The van der Waals surface area contributed by atoms with Gasteiger partial charge >= 0.3 is 6.09 Å². The number of benzene rings is 1. The highest BCUT2D eigenvalue weighted by molar-refractivity contribution is 5.82. The summed E-state index contributed by atoms with van der Waals surface area (Å²) < 4.78 is 5.62. The molecule has 4 heterocycles. The van der Waals surface area contributed by atoms with Crippen LogP contribution in [-0.2, 0) is 16.0 Å². The molecule has 0 spiro atoms. The van der Waals surface area contributed by atoms with Gasteiger partial charge in [0, 0.05) is 75.0 Å². The average molecular weight is 617 g/mol. The first-order valence-corrected chi connectivity index (χ1v) is 17.0. The standard InChI is InChI=1S/C36H52N6O3/c1-4-5-6-8-15-37-36(44)45-33-13-20-42(21-14-33)34(43)25-30(23-29-22-27(2)35-31(24-29)26-38-39-35)28(3)40-18-11-32(12-19-40)41-16-9-7-10-17-41/h4-6,8,22,24,26,30,32-33H,3,7,9-21,23,25H2,1-2H3,(H,37,44)(H,38,39)/b5-4-,8-6-. The molecule has 5 rings (SSSR count). The minimum atomic E-state index is -0.407. The van der Waals surface area contributed by atoms with Crippen molar-refractivity contribution in [3.05, 3.63) is 66.0 Å². The van der Waals surface area contributed by atoms with Gasteiger partial charge in [-0.25, -0.2) is 4.79 Å². The number of aryl methyl sites for hydroxylation is 1. The van der Waals surface area contributed by atoms with E-state index in [2.05, 4.69) is 50.9 Å². The van der Waals surface area contributed by atoms with Gasteiger partial charge in [0.05, 0.1) is 11.7 Å². The van der Waals surface area contributed by atoms with Crippen LogP contribution in [-0.4, -0.2) is 94.9 Å². The lowest BCUT2D eigenvalue weighted by atomic mass is 9.89. The Labute approximate surface area is 268 Å². The molecule has 1 aromatic heterocycles. The Morgan fingerprint density at radius 3 is 2.51 bits per heavy atom. The summed E-state index contributed by atoms with van der Waals surface area (Å²) in [7, 11) is 0. The van der Waals surface area contributed by atoms with Crippen molar-refractivity contribution in [2.24, 2.45) is 5.92 Å². The molecule has 9 nitrogen and oxygen atoms in total. The second-order valence-corrected chi connectivity index (χ2v) is 13.0. The predicted molar refractivity (Wildman–Crippen MR) is 180 cm³/mol. The normalized spacial score (nSPS) is 19.9. The number of aromatic amines is 1. The van der Waals surface area contributed by atoms with Crippen LogP contribution >= 0.6 is 0 Å². The van der Waals surface area contributed by atoms with Crippen LogP contribution in [0.15, 0.2) is 54.9 Å². The lowest BCUT2D eigenvalue weighted by Crippen LogP contribution is -2.47. The van der Waals surface area contributed by atoms with Gasteiger partial charge in [-0.15, -0.1) is 0 Å². The van der Waals surface area contributed by atoms with Crippen molar-refractivity contribution < 1.29 is 14.3 Å². The Balaban J connectivity index is 1.18. The van der Waals surface area contributed by atoms with Gasteiger partial charge in [-0.3, -0.25) is 9.89 Å². The average Bonchev–Trinajstić information content (AvgIpc) is 3.54. The van der Waals surface area contributed by atoms with Gasteiger partial charge in [-0.05, 0) is 76.2 Å². The highest BCUT2D eigenvalue weighted by Crippen LogP contribution is 2.30. The van der Waals surface area contributed by atoms with Gasteiger partial charge < -0.3 is 24.8 Å². The highest BCUT2D eigenvalue weighted by Gasteiger charge is 2.31. The van der Waals surface area contributed by atoms with Crippen LogP contribution in [0.4, 0.5) is 4.79 Å². The number of amides is 2. The monoisotopic (exact) mass is 616 g/mol. The van der Waals surface area contributed by atoms with Crippen LogP contribution in [0.1, 0.15) is 69.4 Å². The Kier molecular flexibility index (Phi) is 11.7. The van der Waals surface area contributed by atoms with Crippen molar-refractivity contribution >= 4 is 22.9 Å². The van der Waals surface area contributed by atoms with E-state index in [1.54, 1.807) is 0 Å². The number of hydrogen-bond acceptors (Lipinski definition) is 6. The number of piperidine rings is 3.